The Morgan fingerprint density at radius 1 is 1.03 bits per heavy atom. The molecule has 0 aliphatic heterocycles. The zero-order valence-corrected chi connectivity index (χ0v) is 19.5. The molecule has 34 heavy (non-hydrogen) atoms. The van der Waals surface area contributed by atoms with Gasteiger partial charge < -0.3 is 20.5 Å². The van der Waals surface area contributed by atoms with E-state index in [0.717, 1.165) is 35.1 Å². The second-order valence-corrected chi connectivity index (χ2v) is 9.48. The number of fused-ring (bicyclic) bond motifs is 3. The number of hydrogen-bond acceptors (Lipinski definition) is 4. The Hall–Kier alpha value is -3.35. The molecular weight excluding hydrogens is 432 g/mol. The van der Waals surface area contributed by atoms with E-state index in [9.17, 15) is 14.4 Å². The summed E-state index contributed by atoms with van der Waals surface area (Å²) in [6.07, 6.45) is 2.75. The first-order valence-corrected chi connectivity index (χ1v) is 12.0. The Labute approximate surface area is 199 Å². The Kier molecular flexibility index (Phi) is 7.50. The third-order valence-electron chi connectivity index (χ3n) is 6.68. The van der Waals surface area contributed by atoms with Crippen molar-refractivity contribution in [2.45, 2.75) is 51.0 Å². The van der Waals surface area contributed by atoms with Crippen LogP contribution in [0.4, 0.5) is 4.79 Å². The number of alkyl carbamates (subject to hydrolysis) is 1. The quantitative estimate of drug-likeness (QED) is 0.460. The first kappa shape index (κ1) is 23.8. The molecule has 180 valence electrons. The van der Waals surface area contributed by atoms with Gasteiger partial charge in [0.1, 0.15) is 12.6 Å². The van der Waals surface area contributed by atoms with E-state index in [4.69, 9.17) is 9.84 Å². The Morgan fingerprint density at radius 2 is 1.65 bits per heavy atom. The van der Waals surface area contributed by atoms with Gasteiger partial charge in [0, 0.05) is 18.9 Å². The summed E-state index contributed by atoms with van der Waals surface area (Å²) in [4.78, 5) is 36.2. The van der Waals surface area contributed by atoms with Crippen LogP contribution in [-0.2, 0) is 14.3 Å². The molecule has 2 aliphatic rings. The van der Waals surface area contributed by atoms with E-state index in [1.165, 1.54) is 0 Å². The fraction of sp³-hybridized carbons (Fsp3) is 0.444. The highest BCUT2D eigenvalue weighted by molar-refractivity contribution is 5.85. The molecule has 0 radical (unpaired) electrons. The van der Waals surface area contributed by atoms with Gasteiger partial charge >= 0.3 is 12.1 Å². The summed E-state index contributed by atoms with van der Waals surface area (Å²) in [7, 11) is 0. The van der Waals surface area contributed by atoms with Crippen molar-refractivity contribution in [2.75, 3.05) is 13.2 Å². The number of ether oxygens (including phenoxy) is 1. The molecule has 2 aliphatic carbocycles. The van der Waals surface area contributed by atoms with Crippen molar-refractivity contribution in [2.24, 2.45) is 11.8 Å². The number of carbonyl (C=O) groups is 3. The standard InChI is InChI=1S/C27H32N2O5/c1-17(14-25(30)31)12-13-28-26(32)24(15-18-10-11-18)29-27(33)34-16-23-21-8-4-2-6-19(21)20-7-3-5-9-22(20)23/h2-9,17-18,23-24H,10-16H2,1H3,(H,28,32)(H,29,33)(H,30,31)/t17?,24-/m0/s1. The van der Waals surface area contributed by atoms with Crippen molar-refractivity contribution in [1.82, 2.24) is 10.6 Å². The maximum absolute atomic E-state index is 12.7. The average molecular weight is 465 g/mol. The summed E-state index contributed by atoms with van der Waals surface area (Å²) < 4.78 is 5.61. The summed E-state index contributed by atoms with van der Waals surface area (Å²) in [6.45, 7) is 2.42. The van der Waals surface area contributed by atoms with E-state index in [2.05, 4.69) is 34.9 Å². The molecule has 1 saturated carbocycles. The normalized spacial score (nSPS) is 16.1. The lowest BCUT2D eigenvalue weighted by Crippen LogP contribution is -2.47. The van der Waals surface area contributed by atoms with E-state index < -0.39 is 18.1 Å². The van der Waals surface area contributed by atoms with E-state index in [1.807, 2.05) is 31.2 Å². The van der Waals surface area contributed by atoms with Gasteiger partial charge in [0.25, 0.3) is 0 Å². The summed E-state index contributed by atoms with van der Waals surface area (Å²) in [5.41, 5.74) is 4.60. The van der Waals surface area contributed by atoms with Crippen molar-refractivity contribution < 1.29 is 24.2 Å². The molecule has 2 aromatic carbocycles. The minimum absolute atomic E-state index is 0.0326. The van der Waals surface area contributed by atoms with Gasteiger partial charge in [0.05, 0.1) is 0 Å². The first-order chi connectivity index (χ1) is 16.4. The minimum atomic E-state index is -0.845. The summed E-state index contributed by atoms with van der Waals surface area (Å²) >= 11 is 0. The summed E-state index contributed by atoms with van der Waals surface area (Å²) in [5, 5.41) is 14.5. The number of aliphatic carboxylic acids is 1. The van der Waals surface area contributed by atoms with Crippen LogP contribution in [0.3, 0.4) is 0 Å². The largest absolute Gasteiger partial charge is 0.481 e. The van der Waals surface area contributed by atoms with Gasteiger partial charge in [-0.1, -0.05) is 68.3 Å². The number of nitrogens with one attached hydrogen (secondary N) is 2. The van der Waals surface area contributed by atoms with Crippen LogP contribution in [0.2, 0.25) is 0 Å². The second kappa shape index (κ2) is 10.7. The Bertz CT molecular complexity index is 1000. The SMILES string of the molecule is CC(CCNC(=O)[C@H](CC1CC1)NC(=O)OCC1c2ccccc2-c2ccccc21)CC(=O)O. The van der Waals surface area contributed by atoms with Gasteiger partial charge in [0.2, 0.25) is 5.91 Å². The molecule has 7 nitrogen and oxygen atoms in total. The summed E-state index contributed by atoms with van der Waals surface area (Å²) in [6, 6.07) is 15.6. The number of carboxylic acids is 1. The number of hydrogen-bond donors (Lipinski definition) is 3. The molecule has 4 rings (SSSR count). The lowest BCUT2D eigenvalue weighted by Gasteiger charge is -2.20. The second-order valence-electron chi connectivity index (χ2n) is 9.48. The number of rotatable bonds is 11. The van der Waals surface area contributed by atoms with Crippen molar-refractivity contribution in [3.05, 3.63) is 59.7 Å². The van der Waals surface area contributed by atoms with Crippen LogP contribution in [0.1, 0.15) is 56.1 Å². The van der Waals surface area contributed by atoms with Gasteiger partial charge in [-0.15, -0.1) is 0 Å². The van der Waals surface area contributed by atoms with E-state index in [-0.39, 0.29) is 30.8 Å². The lowest BCUT2D eigenvalue weighted by atomic mass is 9.98. The predicted octanol–water partition coefficient (Wildman–Crippen LogP) is 4.31. The first-order valence-electron chi connectivity index (χ1n) is 12.0. The fourth-order valence-corrected chi connectivity index (χ4v) is 4.67. The lowest BCUT2D eigenvalue weighted by molar-refractivity contribution is -0.138. The molecule has 7 heteroatoms. The number of carbonyl (C=O) groups excluding carboxylic acids is 2. The molecule has 1 unspecified atom stereocenters. The molecule has 0 saturated heterocycles. The number of carboxylic acid groups (broad SMARTS) is 1. The maximum Gasteiger partial charge on any atom is 0.407 e. The van der Waals surface area contributed by atoms with Crippen LogP contribution in [-0.4, -0.2) is 42.3 Å². The highest BCUT2D eigenvalue weighted by Crippen LogP contribution is 2.44. The van der Waals surface area contributed by atoms with Crippen LogP contribution in [0.15, 0.2) is 48.5 Å². The van der Waals surface area contributed by atoms with Crippen molar-refractivity contribution >= 4 is 18.0 Å². The van der Waals surface area contributed by atoms with Crippen molar-refractivity contribution in [3.63, 3.8) is 0 Å². The zero-order chi connectivity index (χ0) is 24.1. The van der Waals surface area contributed by atoms with Crippen molar-refractivity contribution in [1.29, 1.82) is 0 Å². The fourth-order valence-electron chi connectivity index (χ4n) is 4.67. The molecule has 1 fully saturated rings. The van der Waals surface area contributed by atoms with Crippen LogP contribution in [0.5, 0.6) is 0 Å². The average Bonchev–Trinajstić information content (AvgIpc) is 3.57. The third kappa shape index (κ3) is 5.95. The van der Waals surface area contributed by atoms with Crippen LogP contribution >= 0.6 is 0 Å². The molecule has 2 amide bonds. The molecule has 3 N–H and O–H groups in total. The Balaban J connectivity index is 1.32. The highest BCUT2D eigenvalue weighted by Gasteiger charge is 2.32. The van der Waals surface area contributed by atoms with E-state index in [0.29, 0.717) is 25.3 Å². The van der Waals surface area contributed by atoms with Crippen LogP contribution < -0.4 is 10.6 Å². The van der Waals surface area contributed by atoms with Gasteiger partial charge in [0.15, 0.2) is 0 Å². The van der Waals surface area contributed by atoms with Gasteiger partial charge in [-0.2, -0.15) is 0 Å². The van der Waals surface area contributed by atoms with Crippen molar-refractivity contribution in [3.8, 4) is 11.1 Å². The molecule has 0 heterocycles. The number of benzene rings is 2. The van der Waals surface area contributed by atoms with Gasteiger partial charge in [-0.05, 0) is 46.9 Å². The zero-order valence-electron chi connectivity index (χ0n) is 19.5. The monoisotopic (exact) mass is 464 g/mol. The highest BCUT2D eigenvalue weighted by atomic mass is 16.5. The summed E-state index contributed by atoms with van der Waals surface area (Å²) in [5.74, 6) is -0.722. The molecule has 2 atom stereocenters. The minimum Gasteiger partial charge on any atom is -0.481 e. The van der Waals surface area contributed by atoms with Crippen LogP contribution in [0, 0.1) is 11.8 Å². The van der Waals surface area contributed by atoms with E-state index >= 15 is 0 Å². The Morgan fingerprint density at radius 3 is 2.24 bits per heavy atom. The molecular formula is C27H32N2O5. The third-order valence-corrected chi connectivity index (χ3v) is 6.68. The van der Waals surface area contributed by atoms with Crippen LogP contribution in [0.25, 0.3) is 11.1 Å². The topological polar surface area (TPSA) is 105 Å². The molecule has 0 spiro atoms. The maximum atomic E-state index is 12.7. The smallest absolute Gasteiger partial charge is 0.407 e. The van der Waals surface area contributed by atoms with Gasteiger partial charge in [-0.3, -0.25) is 9.59 Å². The van der Waals surface area contributed by atoms with E-state index in [1.54, 1.807) is 0 Å². The molecule has 0 aromatic heterocycles. The molecule has 2 aromatic rings. The molecule has 0 bridgehead atoms. The number of amides is 2. The predicted molar refractivity (Wildman–Crippen MR) is 128 cm³/mol. The van der Waals surface area contributed by atoms with Gasteiger partial charge in [-0.25, -0.2) is 4.79 Å².